The van der Waals surface area contributed by atoms with Gasteiger partial charge in [0.1, 0.15) is 6.04 Å². The molecule has 1 amide bonds. The van der Waals surface area contributed by atoms with Gasteiger partial charge in [0.2, 0.25) is 5.91 Å². The maximum absolute atomic E-state index is 12.2. The molecule has 1 aromatic rings. The van der Waals surface area contributed by atoms with Crippen LogP contribution >= 0.6 is 11.6 Å². The first-order valence-corrected chi connectivity index (χ1v) is 8.83. The van der Waals surface area contributed by atoms with Gasteiger partial charge in [0.15, 0.2) is 0 Å². The maximum Gasteiger partial charge on any atom is 0.328 e. The average molecular weight is 362 g/mol. The molecule has 0 spiro atoms. The summed E-state index contributed by atoms with van der Waals surface area (Å²) in [5, 5.41) is 3.38. The third kappa shape index (κ3) is 5.20. The lowest BCUT2D eigenvalue weighted by Crippen LogP contribution is -2.41. The number of carbonyl (C=O) groups is 2. The fourth-order valence-electron chi connectivity index (χ4n) is 2.88. The Hall–Kier alpha value is -2.07. The zero-order valence-corrected chi connectivity index (χ0v) is 15.6. The van der Waals surface area contributed by atoms with Crippen LogP contribution in [0.3, 0.4) is 0 Å². The Morgan fingerprint density at radius 1 is 1.28 bits per heavy atom. The molecular formula is C20H24ClNO3. The highest BCUT2D eigenvalue weighted by molar-refractivity contribution is 6.49. The van der Waals surface area contributed by atoms with Gasteiger partial charge in [0.05, 0.1) is 12.1 Å². The van der Waals surface area contributed by atoms with Crippen LogP contribution in [-0.2, 0) is 20.7 Å². The van der Waals surface area contributed by atoms with Crippen molar-refractivity contribution >= 4 is 28.5 Å². The number of aryl methyl sites for hydroxylation is 1. The van der Waals surface area contributed by atoms with Crippen molar-refractivity contribution in [2.75, 3.05) is 7.11 Å². The SMILES string of the molecule is COC(=O)[C@H](CC(C)C)NC(=O)/C=C/C1=C(Cl)c2ccccc2CC1. The van der Waals surface area contributed by atoms with Crippen molar-refractivity contribution in [1.29, 1.82) is 0 Å². The van der Waals surface area contributed by atoms with E-state index in [1.807, 2.05) is 32.0 Å². The van der Waals surface area contributed by atoms with Crippen molar-refractivity contribution in [3.05, 3.63) is 53.1 Å². The first-order valence-electron chi connectivity index (χ1n) is 8.45. The number of allylic oxidation sites excluding steroid dienone is 2. The average Bonchev–Trinajstić information content (AvgIpc) is 2.59. The number of fused-ring (bicyclic) bond motifs is 1. The molecule has 0 aliphatic heterocycles. The van der Waals surface area contributed by atoms with E-state index < -0.39 is 12.0 Å². The Morgan fingerprint density at radius 3 is 2.68 bits per heavy atom. The lowest BCUT2D eigenvalue weighted by atomic mass is 9.92. The van der Waals surface area contributed by atoms with Gasteiger partial charge in [-0.1, -0.05) is 55.8 Å². The highest BCUT2D eigenvalue weighted by atomic mass is 35.5. The number of halogens is 1. The molecule has 1 aliphatic rings. The molecule has 0 aromatic heterocycles. The first-order chi connectivity index (χ1) is 11.9. The van der Waals surface area contributed by atoms with E-state index in [1.54, 1.807) is 6.08 Å². The molecule has 0 unspecified atom stereocenters. The molecule has 0 bridgehead atoms. The van der Waals surface area contributed by atoms with Crippen LogP contribution in [-0.4, -0.2) is 25.0 Å². The number of methoxy groups -OCH3 is 1. The number of hydrogen-bond acceptors (Lipinski definition) is 3. The van der Waals surface area contributed by atoms with Crippen LogP contribution in [0.2, 0.25) is 0 Å². The first kappa shape index (κ1) is 19.3. The maximum atomic E-state index is 12.2. The van der Waals surface area contributed by atoms with Crippen LogP contribution in [0.5, 0.6) is 0 Å². The molecule has 0 fully saturated rings. The summed E-state index contributed by atoms with van der Waals surface area (Å²) in [6.45, 7) is 3.98. The summed E-state index contributed by atoms with van der Waals surface area (Å²) >= 11 is 6.47. The third-order valence-corrected chi connectivity index (χ3v) is 4.59. The molecule has 4 nitrogen and oxygen atoms in total. The molecule has 1 aromatic carbocycles. The predicted molar refractivity (Wildman–Crippen MR) is 100 cm³/mol. The zero-order chi connectivity index (χ0) is 18.4. The van der Waals surface area contributed by atoms with Gasteiger partial charge < -0.3 is 10.1 Å². The number of ether oxygens (including phenoxy) is 1. The van der Waals surface area contributed by atoms with Gasteiger partial charge in [-0.25, -0.2) is 4.79 Å². The summed E-state index contributed by atoms with van der Waals surface area (Å²) in [6, 6.07) is 7.36. The topological polar surface area (TPSA) is 55.4 Å². The summed E-state index contributed by atoms with van der Waals surface area (Å²) in [5.74, 6) is -0.494. The van der Waals surface area contributed by atoms with E-state index in [0.717, 1.165) is 24.0 Å². The summed E-state index contributed by atoms with van der Waals surface area (Å²) in [7, 11) is 1.32. The van der Waals surface area contributed by atoms with E-state index in [-0.39, 0.29) is 11.8 Å². The molecule has 0 heterocycles. The molecule has 25 heavy (non-hydrogen) atoms. The summed E-state index contributed by atoms with van der Waals surface area (Å²) in [5.41, 5.74) is 3.16. The van der Waals surface area contributed by atoms with Crippen LogP contribution in [0.15, 0.2) is 42.0 Å². The Morgan fingerprint density at radius 2 is 2.00 bits per heavy atom. The molecule has 1 atom stereocenters. The van der Waals surface area contributed by atoms with Crippen LogP contribution in [0.4, 0.5) is 0 Å². The lowest BCUT2D eigenvalue weighted by Gasteiger charge is -2.18. The molecular weight excluding hydrogens is 338 g/mol. The lowest BCUT2D eigenvalue weighted by molar-refractivity contribution is -0.145. The van der Waals surface area contributed by atoms with Crippen molar-refractivity contribution in [3.8, 4) is 0 Å². The van der Waals surface area contributed by atoms with Crippen molar-refractivity contribution in [2.45, 2.75) is 39.2 Å². The predicted octanol–water partition coefficient (Wildman–Crippen LogP) is 3.84. The fourth-order valence-corrected chi connectivity index (χ4v) is 3.23. The number of benzene rings is 1. The smallest absolute Gasteiger partial charge is 0.328 e. The Kier molecular flexibility index (Phi) is 6.82. The third-order valence-electron chi connectivity index (χ3n) is 4.14. The van der Waals surface area contributed by atoms with Gasteiger partial charge in [-0.3, -0.25) is 4.79 Å². The number of rotatable bonds is 6. The second kappa shape index (κ2) is 8.86. The van der Waals surface area contributed by atoms with Crippen LogP contribution in [0, 0.1) is 5.92 Å². The molecule has 134 valence electrons. The quantitative estimate of drug-likeness (QED) is 0.618. The number of hydrogen-bond donors (Lipinski definition) is 1. The standard InChI is InChI=1S/C20H24ClNO3/c1-13(2)12-17(20(24)25-3)22-18(23)11-10-15-9-8-14-6-4-5-7-16(14)19(15)21/h4-7,10-11,13,17H,8-9,12H2,1-3H3,(H,22,23)/b11-10+/t17-/m0/s1. The van der Waals surface area contributed by atoms with Crippen molar-refractivity contribution in [3.63, 3.8) is 0 Å². The van der Waals surface area contributed by atoms with Gasteiger partial charge in [-0.2, -0.15) is 0 Å². The summed E-state index contributed by atoms with van der Waals surface area (Å²) < 4.78 is 4.76. The minimum Gasteiger partial charge on any atom is -0.467 e. The second-order valence-electron chi connectivity index (χ2n) is 6.54. The Bertz CT molecular complexity index is 707. The summed E-state index contributed by atoms with van der Waals surface area (Å²) in [4.78, 5) is 24.0. The van der Waals surface area contributed by atoms with E-state index in [0.29, 0.717) is 11.5 Å². The van der Waals surface area contributed by atoms with Gasteiger partial charge >= 0.3 is 5.97 Å². The van der Waals surface area contributed by atoms with E-state index in [9.17, 15) is 9.59 Å². The summed E-state index contributed by atoms with van der Waals surface area (Å²) in [6.07, 6.45) is 5.38. The Labute approximate surface area is 153 Å². The molecule has 0 saturated heterocycles. The van der Waals surface area contributed by atoms with Crippen LogP contribution < -0.4 is 5.32 Å². The molecule has 0 radical (unpaired) electrons. The number of nitrogens with one attached hydrogen (secondary N) is 1. The molecule has 5 heteroatoms. The van der Waals surface area contributed by atoms with Gasteiger partial charge in [-0.15, -0.1) is 0 Å². The monoisotopic (exact) mass is 361 g/mol. The highest BCUT2D eigenvalue weighted by Gasteiger charge is 2.22. The van der Waals surface area contributed by atoms with Crippen molar-refractivity contribution < 1.29 is 14.3 Å². The van der Waals surface area contributed by atoms with Crippen LogP contribution in [0.1, 0.15) is 37.8 Å². The fraction of sp³-hybridized carbons (Fsp3) is 0.400. The zero-order valence-electron chi connectivity index (χ0n) is 14.8. The van der Waals surface area contributed by atoms with Crippen molar-refractivity contribution in [1.82, 2.24) is 5.32 Å². The number of carbonyl (C=O) groups excluding carboxylic acids is 2. The largest absolute Gasteiger partial charge is 0.467 e. The van der Waals surface area contributed by atoms with E-state index in [4.69, 9.17) is 16.3 Å². The molecule has 0 saturated carbocycles. The normalized spacial score (nSPS) is 15.2. The second-order valence-corrected chi connectivity index (χ2v) is 6.92. The van der Waals surface area contributed by atoms with Gasteiger partial charge in [0.25, 0.3) is 0 Å². The van der Waals surface area contributed by atoms with E-state index >= 15 is 0 Å². The number of amides is 1. The van der Waals surface area contributed by atoms with E-state index in [2.05, 4.69) is 11.4 Å². The van der Waals surface area contributed by atoms with Crippen LogP contribution in [0.25, 0.3) is 5.03 Å². The molecule has 2 rings (SSSR count). The minimum atomic E-state index is -0.640. The molecule has 1 aliphatic carbocycles. The molecule has 1 N–H and O–H groups in total. The number of esters is 1. The van der Waals surface area contributed by atoms with Crippen molar-refractivity contribution in [2.24, 2.45) is 5.92 Å². The van der Waals surface area contributed by atoms with E-state index in [1.165, 1.54) is 18.7 Å². The Balaban J connectivity index is 2.08. The van der Waals surface area contributed by atoms with Gasteiger partial charge in [0, 0.05) is 6.08 Å². The van der Waals surface area contributed by atoms with Gasteiger partial charge in [-0.05, 0) is 41.9 Å². The highest BCUT2D eigenvalue weighted by Crippen LogP contribution is 2.34. The minimum absolute atomic E-state index is 0.264.